The highest BCUT2D eigenvalue weighted by molar-refractivity contribution is 9.11. The van der Waals surface area contributed by atoms with Crippen LogP contribution < -0.4 is 5.73 Å². The van der Waals surface area contributed by atoms with Gasteiger partial charge in [0, 0.05) is 0 Å². The Labute approximate surface area is 92.8 Å². The van der Waals surface area contributed by atoms with E-state index in [1.54, 1.807) is 6.07 Å². The van der Waals surface area contributed by atoms with E-state index in [1.165, 1.54) is 0 Å². The first-order valence-electron chi connectivity index (χ1n) is 4.04. The van der Waals surface area contributed by atoms with Gasteiger partial charge in [0.2, 0.25) is 0 Å². The number of nitrogens with two attached hydrogens (primary N) is 1. The molecule has 0 saturated heterocycles. The molecule has 2 N–H and O–H groups in total. The average molecular weight is 309 g/mol. The molecule has 0 amide bonds. The molecule has 1 saturated carbocycles. The van der Waals surface area contributed by atoms with Crippen molar-refractivity contribution in [2.75, 3.05) is 5.73 Å². The minimum atomic E-state index is -0.318. The van der Waals surface area contributed by atoms with Gasteiger partial charge in [-0.3, -0.25) is 0 Å². The van der Waals surface area contributed by atoms with Crippen LogP contribution in [0.3, 0.4) is 0 Å². The lowest BCUT2D eigenvalue weighted by Gasteiger charge is -2.08. The first-order valence-corrected chi connectivity index (χ1v) is 5.62. The predicted molar refractivity (Wildman–Crippen MR) is 58.2 cm³/mol. The molecular weight excluding hydrogens is 301 g/mol. The molecule has 4 heteroatoms. The number of benzene rings is 1. The lowest BCUT2D eigenvalue weighted by Crippen LogP contribution is -1.97. The van der Waals surface area contributed by atoms with Gasteiger partial charge in [0.1, 0.15) is 0 Å². The van der Waals surface area contributed by atoms with E-state index in [4.69, 9.17) is 5.73 Å². The van der Waals surface area contributed by atoms with E-state index in [1.807, 2.05) is 0 Å². The normalized spacial score (nSPS) is 16.2. The molecule has 1 nitrogen and oxygen atoms in total. The minimum Gasteiger partial charge on any atom is -0.397 e. The Balaban J connectivity index is 2.58. The van der Waals surface area contributed by atoms with Crippen molar-refractivity contribution in [3.05, 3.63) is 26.4 Å². The Hall–Kier alpha value is -0.0900. The van der Waals surface area contributed by atoms with Crippen LogP contribution in [0.25, 0.3) is 0 Å². The fraction of sp³-hybridized carbons (Fsp3) is 0.333. The van der Waals surface area contributed by atoms with Gasteiger partial charge in [-0.15, -0.1) is 0 Å². The fourth-order valence-electron chi connectivity index (χ4n) is 1.36. The molecule has 0 heterocycles. The molecule has 1 fully saturated rings. The highest BCUT2D eigenvalue weighted by Gasteiger charge is 2.27. The van der Waals surface area contributed by atoms with Crippen molar-refractivity contribution >= 4 is 37.5 Å². The highest BCUT2D eigenvalue weighted by Crippen LogP contribution is 2.46. The van der Waals surface area contributed by atoms with Crippen LogP contribution in [0, 0.1) is 5.82 Å². The van der Waals surface area contributed by atoms with E-state index in [9.17, 15) is 4.39 Å². The van der Waals surface area contributed by atoms with Gasteiger partial charge in [-0.1, -0.05) is 0 Å². The van der Waals surface area contributed by atoms with E-state index in [0.717, 1.165) is 18.4 Å². The molecule has 70 valence electrons. The van der Waals surface area contributed by atoms with Crippen molar-refractivity contribution in [1.29, 1.82) is 0 Å². The van der Waals surface area contributed by atoms with E-state index >= 15 is 0 Å². The molecular formula is C9H8Br2FN. The quantitative estimate of drug-likeness (QED) is 0.619. The summed E-state index contributed by atoms with van der Waals surface area (Å²) in [5.74, 6) is 0.218. The molecule has 2 rings (SSSR count). The first-order chi connectivity index (χ1) is 6.11. The summed E-state index contributed by atoms with van der Waals surface area (Å²) in [6.45, 7) is 0. The SMILES string of the molecule is Nc1c(C2CC2)cc(Br)c(F)c1Br. The zero-order valence-corrected chi connectivity index (χ0v) is 9.95. The smallest absolute Gasteiger partial charge is 0.153 e. The third-order valence-corrected chi connectivity index (χ3v) is 3.60. The molecule has 0 radical (unpaired) electrons. The second-order valence-corrected chi connectivity index (χ2v) is 4.91. The summed E-state index contributed by atoms with van der Waals surface area (Å²) in [5, 5.41) is 0. The summed E-state index contributed by atoms with van der Waals surface area (Å²) >= 11 is 6.31. The van der Waals surface area contributed by atoms with Gasteiger partial charge in [-0.2, -0.15) is 0 Å². The Bertz CT molecular complexity index is 361. The van der Waals surface area contributed by atoms with Crippen molar-refractivity contribution in [1.82, 2.24) is 0 Å². The second kappa shape index (κ2) is 3.24. The first kappa shape index (κ1) is 9.46. The largest absolute Gasteiger partial charge is 0.397 e. The summed E-state index contributed by atoms with van der Waals surface area (Å²) in [4.78, 5) is 0. The number of halogens is 3. The van der Waals surface area contributed by atoms with Crippen LogP contribution in [0.1, 0.15) is 24.3 Å². The van der Waals surface area contributed by atoms with E-state index in [2.05, 4.69) is 31.9 Å². The van der Waals surface area contributed by atoms with Crippen LogP contribution in [-0.2, 0) is 0 Å². The number of hydrogen-bond acceptors (Lipinski definition) is 1. The van der Waals surface area contributed by atoms with Crippen LogP contribution in [-0.4, -0.2) is 0 Å². The maximum atomic E-state index is 13.3. The van der Waals surface area contributed by atoms with E-state index < -0.39 is 0 Å². The van der Waals surface area contributed by atoms with Gasteiger partial charge >= 0.3 is 0 Å². The Morgan fingerprint density at radius 2 is 2.00 bits per heavy atom. The molecule has 1 aromatic rings. The molecule has 0 spiro atoms. The zero-order valence-electron chi connectivity index (χ0n) is 6.78. The molecule has 0 unspecified atom stereocenters. The van der Waals surface area contributed by atoms with Crippen molar-refractivity contribution in [3.63, 3.8) is 0 Å². The standard InChI is InChI=1S/C9H8Br2FN/c10-6-3-5(4-1-2-4)9(13)7(11)8(6)12/h3-4H,1-2,13H2. The lowest BCUT2D eigenvalue weighted by molar-refractivity contribution is 0.614. The summed E-state index contributed by atoms with van der Waals surface area (Å²) < 4.78 is 14.1. The average Bonchev–Trinajstić information content (AvgIpc) is 2.91. The topological polar surface area (TPSA) is 26.0 Å². The fourth-order valence-corrected chi connectivity index (χ4v) is 2.51. The maximum Gasteiger partial charge on any atom is 0.153 e. The van der Waals surface area contributed by atoms with Crippen LogP contribution >= 0.6 is 31.9 Å². The van der Waals surface area contributed by atoms with Crippen molar-refractivity contribution in [3.8, 4) is 0 Å². The van der Waals surface area contributed by atoms with Gasteiger partial charge in [0.25, 0.3) is 0 Å². The van der Waals surface area contributed by atoms with Gasteiger partial charge in [-0.25, -0.2) is 4.39 Å². The van der Waals surface area contributed by atoms with Crippen molar-refractivity contribution < 1.29 is 4.39 Å². The van der Waals surface area contributed by atoms with E-state index in [0.29, 0.717) is 20.6 Å². The Morgan fingerprint density at radius 1 is 1.38 bits per heavy atom. The minimum absolute atomic E-state index is 0.318. The molecule has 0 aromatic heterocycles. The Kier molecular flexibility index (Phi) is 2.36. The van der Waals surface area contributed by atoms with Gasteiger partial charge in [-0.05, 0) is 62.2 Å². The lowest BCUT2D eigenvalue weighted by atomic mass is 10.1. The summed E-state index contributed by atoms with van der Waals surface area (Å²) in [6, 6.07) is 1.78. The monoisotopic (exact) mass is 307 g/mol. The highest BCUT2D eigenvalue weighted by atomic mass is 79.9. The summed E-state index contributed by atoms with van der Waals surface area (Å²) in [5.41, 5.74) is 7.39. The molecule has 0 atom stereocenters. The number of nitrogen functional groups attached to an aromatic ring is 1. The molecule has 1 aliphatic carbocycles. The Morgan fingerprint density at radius 3 is 2.54 bits per heavy atom. The van der Waals surface area contributed by atoms with Crippen LogP contribution in [0.15, 0.2) is 15.0 Å². The number of anilines is 1. The van der Waals surface area contributed by atoms with Crippen LogP contribution in [0.2, 0.25) is 0 Å². The van der Waals surface area contributed by atoms with Gasteiger partial charge in [0.15, 0.2) is 5.82 Å². The zero-order chi connectivity index (χ0) is 9.59. The second-order valence-electron chi connectivity index (χ2n) is 3.26. The molecule has 1 aromatic carbocycles. The summed E-state index contributed by atoms with van der Waals surface area (Å²) in [7, 11) is 0. The number of hydrogen-bond donors (Lipinski definition) is 1. The van der Waals surface area contributed by atoms with Crippen molar-refractivity contribution in [2.24, 2.45) is 0 Å². The third-order valence-electron chi connectivity index (χ3n) is 2.25. The third kappa shape index (κ3) is 1.62. The van der Waals surface area contributed by atoms with Gasteiger partial charge in [0.05, 0.1) is 14.6 Å². The predicted octanol–water partition coefficient (Wildman–Crippen LogP) is 3.81. The van der Waals surface area contributed by atoms with Crippen LogP contribution in [0.4, 0.5) is 10.1 Å². The molecule has 13 heavy (non-hydrogen) atoms. The van der Waals surface area contributed by atoms with Crippen LogP contribution in [0.5, 0.6) is 0 Å². The van der Waals surface area contributed by atoms with Crippen molar-refractivity contribution in [2.45, 2.75) is 18.8 Å². The van der Waals surface area contributed by atoms with E-state index in [-0.39, 0.29) is 5.82 Å². The molecule has 1 aliphatic rings. The molecule has 0 aliphatic heterocycles. The van der Waals surface area contributed by atoms with Gasteiger partial charge < -0.3 is 5.73 Å². The molecule has 0 bridgehead atoms. The number of rotatable bonds is 1. The summed E-state index contributed by atoms with van der Waals surface area (Å²) in [6.07, 6.45) is 2.32. The maximum absolute atomic E-state index is 13.3.